The minimum Gasteiger partial charge on any atom is -0.224 e. The Labute approximate surface area is 268 Å². The fraction of sp³-hybridized carbons (Fsp3) is 0.176. The first kappa shape index (κ1) is 32.9. The number of halogens is 3. The van der Waals surface area contributed by atoms with E-state index in [4.69, 9.17) is 13.1 Å². The van der Waals surface area contributed by atoms with Crippen LogP contribution in [0, 0.1) is 35.8 Å². The maximum absolute atomic E-state index is 15.2. The van der Waals surface area contributed by atoms with E-state index in [9.17, 15) is 27.4 Å². The molecule has 234 valence electrons. The molecule has 0 bridgehead atoms. The van der Waals surface area contributed by atoms with Gasteiger partial charge in [0.2, 0.25) is 0 Å². The standard InChI is InChI=1S/C34H21F3N4O4S2/c1-18-24(33(40-2)41-3)14-26-28(18)29(19-6-10-22(11-7-19)46(4,42)43)27-15-25(21(16-38)17-39)32(34(35,36)37)31(27)30(26)20-8-12-23(13-9-20)47(5,44)45/h6-13H,14-15H2,1,4-5H3. The van der Waals surface area contributed by atoms with Gasteiger partial charge in [-0.15, -0.1) is 0 Å². The van der Waals surface area contributed by atoms with Crippen LogP contribution in [0.25, 0.3) is 43.1 Å². The molecule has 5 rings (SSSR count). The van der Waals surface area contributed by atoms with Gasteiger partial charge in [-0.05, 0) is 92.6 Å². The fourth-order valence-electron chi connectivity index (χ4n) is 6.24. The van der Waals surface area contributed by atoms with Gasteiger partial charge in [0.25, 0.3) is 0 Å². The number of nitriles is 2. The largest absolute Gasteiger partial charge is 0.523 e. The summed E-state index contributed by atoms with van der Waals surface area (Å²) in [4.78, 5) is 6.61. The number of hydrogen-bond donors (Lipinski definition) is 0. The quantitative estimate of drug-likeness (QED) is 0.277. The Morgan fingerprint density at radius 3 is 1.53 bits per heavy atom. The van der Waals surface area contributed by atoms with Crippen LogP contribution >= 0.6 is 0 Å². The number of allylic oxidation sites excluding steroid dienone is 3. The van der Waals surface area contributed by atoms with Crippen LogP contribution in [0.2, 0.25) is 0 Å². The summed E-state index contributed by atoms with van der Waals surface area (Å²) >= 11 is 0. The van der Waals surface area contributed by atoms with Crippen molar-refractivity contribution >= 4 is 30.8 Å². The maximum Gasteiger partial charge on any atom is 0.523 e. The van der Waals surface area contributed by atoms with E-state index in [1.165, 1.54) is 48.5 Å². The van der Waals surface area contributed by atoms with Crippen LogP contribution in [0.15, 0.2) is 80.9 Å². The zero-order valence-electron chi connectivity index (χ0n) is 24.9. The highest BCUT2D eigenvalue weighted by atomic mass is 32.2. The van der Waals surface area contributed by atoms with E-state index in [0.717, 1.165) is 12.5 Å². The van der Waals surface area contributed by atoms with Crippen LogP contribution in [-0.4, -0.2) is 35.5 Å². The van der Waals surface area contributed by atoms with Gasteiger partial charge < -0.3 is 0 Å². The zero-order valence-corrected chi connectivity index (χ0v) is 26.5. The van der Waals surface area contributed by atoms with Gasteiger partial charge in [-0.2, -0.15) is 33.4 Å². The molecule has 13 heteroatoms. The van der Waals surface area contributed by atoms with Crippen molar-refractivity contribution in [2.75, 3.05) is 12.5 Å². The summed E-state index contributed by atoms with van der Waals surface area (Å²) in [7, 11) is -7.29. The van der Waals surface area contributed by atoms with E-state index in [2.05, 4.69) is 9.69 Å². The Kier molecular flexibility index (Phi) is 7.98. The minimum atomic E-state index is -5.05. The van der Waals surface area contributed by atoms with Crippen molar-refractivity contribution in [1.82, 2.24) is 0 Å². The molecule has 3 aromatic carbocycles. The van der Waals surface area contributed by atoms with Crippen molar-refractivity contribution in [2.45, 2.75) is 35.7 Å². The predicted molar refractivity (Wildman–Crippen MR) is 167 cm³/mol. The molecule has 0 saturated heterocycles. The predicted octanol–water partition coefficient (Wildman–Crippen LogP) is 5.22. The summed E-state index contributed by atoms with van der Waals surface area (Å²) in [6.45, 7) is 16.8. The lowest BCUT2D eigenvalue weighted by Crippen LogP contribution is -2.27. The second-order valence-electron chi connectivity index (χ2n) is 11.0. The van der Waals surface area contributed by atoms with Gasteiger partial charge in [0, 0.05) is 18.9 Å². The third-order valence-electron chi connectivity index (χ3n) is 8.23. The van der Waals surface area contributed by atoms with Crippen molar-refractivity contribution in [1.29, 1.82) is 10.5 Å². The number of nitrogens with zero attached hydrogens (tertiary/aromatic N) is 4. The topological polar surface area (TPSA) is 125 Å². The zero-order chi connectivity index (χ0) is 34.6. The molecule has 0 heterocycles. The number of sulfone groups is 2. The Hall–Kier alpha value is -5.47. The fourth-order valence-corrected chi connectivity index (χ4v) is 7.50. The number of alkyl halides is 3. The second kappa shape index (κ2) is 11.4. The molecule has 3 aromatic rings. The molecule has 0 fully saturated rings. The van der Waals surface area contributed by atoms with Gasteiger partial charge in [0.15, 0.2) is 19.7 Å². The first-order chi connectivity index (χ1) is 22.0. The molecule has 0 spiro atoms. The van der Waals surface area contributed by atoms with Crippen molar-refractivity contribution in [3.8, 4) is 34.4 Å². The van der Waals surface area contributed by atoms with E-state index in [-0.39, 0.29) is 49.5 Å². The molecular weight excluding hydrogens is 650 g/mol. The van der Waals surface area contributed by atoms with E-state index in [0.29, 0.717) is 27.5 Å². The third-order valence-corrected chi connectivity index (χ3v) is 10.5. The monoisotopic (exact) mass is 670 g/mol. The van der Waals surface area contributed by atoms with E-state index >= 15 is 13.2 Å². The lowest BCUT2D eigenvalue weighted by molar-refractivity contribution is -0.0695. The van der Waals surface area contributed by atoms with Crippen LogP contribution in [-0.2, 0) is 32.5 Å². The number of rotatable bonds is 4. The van der Waals surface area contributed by atoms with Gasteiger partial charge in [-0.25, -0.2) is 16.8 Å². The molecular formula is C34H21F3N4O4S2. The van der Waals surface area contributed by atoms with Gasteiger partial charge in [0.05, 0.1) is 20.9 Å². The normalized spacial score (nSPS) is 14.1. The molecule has 2 aliphatic carbocycles. The van der Waals surface area contributed by atoms with Crippen molar-refractivity contribution in [3.63, 3.8) is 0 Å². The summed E-state index contributed by atoms with van der Waals surface area (Å²) in [6, 6.07) is 14.0. The summed E-state index contributed by atoms with van der Waals surface area (Å²) in [5.41, 5.74) is -0.370. The molecule has 2 aliphatic rings. The summed E-state index contributed by atoms with van der Waals surface area (Å²) in [5.74, 6) is -0.271. The smallest absolute Gasteiger partial charge is 0.224 e. The molecule has 8 nitrogen and oxygen atoms in total. The van der Waals surface area contributed by atoms with E-state index in [1.807, 2.05) is 0 Å². The van der Waals surface area contributed by atoms with Crippen molar-refractivity contribution in [3.05, 3.63) is 115 Å². The molecule has 0 atom stereocenters. The van der Waals surface area contributed by atoms with Crippen LogP contribution in [0.4, 0.5) is 13.2 Å². The average Bonchev–Trinajstić information content (AvgIpc) is 3.55. The summed E-state index contributed by atoms with van der Waals surface area (Å²) in [6.07, 6.45) is -3.64. The SMILES string of the molecule is [C-]#[N+]C([N+]#[C-])=C1Cc2c(-c3ccc(S(C)(=O)=O)cc3)c3c(c(-c4ccc(S(C)(=O)=O)cc4)c2=C1C)CC(=C(C#N)C#N)C=3C(F)(F)F. The summed E-state index contributed by atoms with van der Waals surface area (Å²) in [5, 5.41) is 19.5. The number of hydrogen-bond acceptors (Lipinski definition) is 6. The molecule has 0 unspecified atom stereocenters. The van der Waals surface area contributed by atoms with Crippen LogP contribution in [0.1, 0.15) is 18.1 Å². The van der Waals surface area contributed by atoms with Gasteiger partial charge in [0.1, 0.15) is 30.9 Å². The Morgan fingerprint density at radius 2 is 1.15 bits per heavy atom. The average molecular weight is 671 g/mol. The Bertz CT molecular complexity index is 2490. The van der Waals surface area contributed by atoms with Gasteiger partial charge >= 0.3 is 12.0 Å². The Morgan fingerprint density at radius 1 is 0.745 bits per heavy atom. The molecule has 47 heavy (non-hydrogen) atoms. The third kappa shape index (κ3) is 5.51. The minimum absolute atomic E-state index is 0.0268. The number of benzene rings is 3. The lowest BCUT2D eigenvalue weighted by Gasteiger charge is -2.18. The molecule has 0 N–H and O–H groups in total. The van der Waals surface area contributed by atoms with Crippen molar-refractivity contribution < 1.29 is 30.0 Å². The molecule has 0 amide bonds. The highest BCUT2D eigenvalue weighted by Crippen LogP contribution is 2.44. The maximum atomic E-state index is 15.2. The molecule has 0 aromatic heterocycles. The van der Waals surface area contributed by atoms with Crippen LogP contribution < -0.4 is 10.4 Å². The van der Waals surface area contributed by atoms with E-state index in [1.54, 1.807) is 19.1 Å². The highest BCUT2D eigenvalue weighted by molar-refractivity contribution is 7.91. The first-order valence-electron chi connectivity index (χ1n) is 13.6. The molecule has 0 aliphatic heterocycles. The van der Waals surface area contributed by atoms with Crippen LogP contribution in [0.5, 0.6) is 0 Å². The van der Waals surface area contributed by atoms with Crippen molar-refractivity contribution in [2.24, 2.45) is 0 Å². The van der Waals surface area contributed by atoms with Crippen LogP contribution in [0.3, 0.4) is 0 Å². The number of fused-ring (bicyclic) bond motifs is 2. The van der Waals surface area contributed by atoms with E-state index < -0.39 is 49.0 Å². The van der Waals surface area contributed by atoms with Gasteiger partial charge in [-0.3, -0.25) is 0 Å². The highest BCUT2D eigenvalue weighted by Gasteiger charge is 2.44. The molecule has 0 saturated carbocycles. The Balaban J connectivity index is 2.12. The second-order valence-corrected chi connectivity index (χ2v) is 15.0. The molecule has 0 radical (unpaired) electrons. The van der Waals surface area contributed by atoms with Gasteiger partial charge in [-0.1, -0.05) is 24.3 Å². The first-order valence-corrected chi connectivity index (χ1v) is 17.4. The summed E-state index contributed by atoms with van der Waals surface area (Å²) < 4.78 is 94.4. The lowest BCUT2D eigenvalue weighted by atomic mass is 9.86.